The molecule has 2 saturated heterocycles. The number of carbonyl (C=O) groups is 1. The van der Waals surface area contributed by atoms with E-state index in [2.05, 4.69) is 17.3 Å². The molecule has 2 aliphatic heterocycles. The number of hydrogen-bond donors (Lipinski definition) is 2. The highest BCUT2D eigenvalue weighted by Crippen LogP contribution is 2.60. The highest BCUT2D eigenvalue weighted by molar-refractivity contribution is 5.79. The number of nitrogens with zero attached hydrogens (tertiary/aromatic N) is 1. The largest absolute Gasteiger partial charge is 0.389 e. The predicted molar refractivity (Wildman–Crippen MR) is 91.5 cm³/mol. The van der Waals surface area contributed by atoms with Gasteiger partial charge in [-0.3, -0.25) is 4.79 Å². The van der Waals surface area contributed by atoms with Crippen LogP contribution >= 0.6 is 0 Å². The average molecular weight is 336 g/mol. The Morgan fingerprint density at radius 1 is 1.21 bits per heavy atom. The number of rotatable bonds is 5. The lowest BCUT2D eigenvalue weighted by Crippen LogP contribution is -2.52. The molecule has 0 aromatic rings. The Kier molecular flexibility index (Phi) is 4.38. The van der Waals surface area contributed by atoms with Crippen LogP contribution in [0.15, 0.2) is 0 Å². The fraction of sp³-hybridized carbons (Fsp3) is 0.947. The third-order valence-corrected chi connectivity index (χ3v) is 7.32. The van der Waals surface area contributed by atoms with Crippen molar-refractivity contribution in [3.63, 3.8) is 0 Å². The van der Waals surface area contributed by atoms with Crippen LogP contribution in [0.2, 0.25) is 0 Å². The van der Waals surface area contributed by atoms with Gasteiger partial charge in [-0.25, -0.2) is 0 Å². The minimum absolute atomic E-state index is 0.00485. The summed E-state index contributed by atoms with van der Waals surface area (Å²) >= 11 is 0. The highest BCUT2D eigenvalue weighted by Gasteiger charge is 2.61. The molecule has 2 aliphatic carbocycles. The Morgan fingerprint density at radius 3 is 2.50 bits per heavy atom. The van der Waals surface area contributed by atoms with E-state index in [1.165, 1.54) is 0 Å². The maximum atomic E-state index is 12.8. The van der Waals surface area contributed by atoms with Crippen molar-refractivity contribution in [1.82, 2.24) is 10.2 Å². The van der Waals surface area contributed by atoms with Crippen molar-refractivity contribution >= 4 is 5.91 Å². The van der Waals surface area contributed by atoms with Gasteiger partial charge in [0.05, 0.1) is 17.6 Å². The second-order valence-electron chi connectivity index (χ2n) is 8.75. The zero-order valence-electron chi connectivity index (χ0n) is 14.9. The van der Waals surface area contributed by atoms with E-state index in [4.69, 9.17) is 4.74 Å². The lowest BCUT2D eigenvalue weighted by Gasteiger charge is -2.44. The molecule has 1 amide bonds. The maximum Gasteiger partial charge on any atom is 0.225 e. The van der Waals surface area contributed by atoms with Gasteiger partial charge in [-0.1, -0.05) is 0 Å². The van der Waals surface area contributed by atoms with Gasteiger partial charge in [-0.2, -0.15) is 0 Å². The molecule has 0 radical (unpaired) electrons. The first kappa shape index (κ1) is 16.8. The highest BCUT2D eigenvalue weighted by atomic mass is 16.5. The SMILES string of the molecule is CN1CCC([C@@H]2OCC[C@H]2C(=O)NCC2(C3(O)CCC3)CC2)CC1. The first-order chi connectivity index (χ1) is 11.5. The molecule has 2 atom stereocenters. The summed E-state index contributed by atoms with van der Waals surface area (Å²) in [7, 11) is 2.16. The van der Waals surface area contributed by atoms with E-state index in [0.717, 1.165) is 64.5 Å². The summed E-state index contributed by atoms with van der Waals surface area (Å²) < 4.78 is 5.98. The third-order valence-electron chi connectivity index (χ3n) is 7.32. The van der Waals surface area contributed by atoms with Gasteiger partial charge in [0.15, 0.2) is 0 Å². The smallest absolute Gasteiger partial charge is 0.225 e. The van der Waals surface area contributed by atoms with Crippen molar-refractivity contribution in [3.8, 4) is 0 Å². The van der Waals surface area contributed by atoms with Crippen LogP contribution in [0.1, 0.15) is 51.4 Å². The Bertz CT molecular complexity index is 479. The Balaban J connectivity index is 1.32. The van der Waals surface area contributed by atoms with Crippen molar-refractivity contribution in [1.29, 1.82) is 0 Å². The van der Waals surface area contributed by atoms with E-state index >= 15 is 0 Å². The predicted octanol–water partition coefficient (Wildman–Crippen LogP) is 1.54. The normalized spacial score (nSPS) is 35.4. The summed E-state index contributed by atoms with van der Waals surface area (Å²) in [5.74, 6) is 0.681. The molecule has 2 heterocycles. The zero-order valence-corrected chi connectivity index (χ0v) is 14.9. The molecule has 2 saturated carbocycles. The fourth-order valence-electron chi connectivity index (χ4n) is 5.10. The number of piperidine rings is 1. The zero-order chi connectivity index (χ0) is 16.8. The van der Waals surface area contributed by atoms with Gasteiger partial charge in [0.1, 0.15) is 0 Å². The minimum Gasteiger partial charge on any atom is -0.389 e. The van der Waals surface area contributed by atoms with E-state index in [9.17, 15) is 9.90 Å². The molecule has 0 bridgehead atoms. The van der Waals surface area contributed by atoms with Crippen molar-refractivity contribution in [2.45, 2.75) is 63.1 Å². The van der Waals surface area contributed by atoms with Gasteiger partial charge in [-0.05, 0) is 77.4 Å². The number of hydrogen-bond acceptors (Lipinski definition) is 4. The Morgan fingerprint density at radius 2 is 1.92 bits per heavy atom. The van der Waals surface area contributed by atoms with Crippen LogP contribution in [0.4, 0.5) is 0 Å². The van der Waals surface area contributed by atoms with Gasteiger partial charge in [-0.15, -0.1) is 0 Å². The molecule has 136 valence electrons. The lowest BCUT2D eigenvalue weighted by molar-refractivity contribution is -0.130. The number of carbonyl (C=O) groups excluding carboxylic acids is 1. The number of nitrogens with one attached hydrogen (secondary N) is 1. The quantitative estimate of drug-likeness (QED) is 0.800. The first-order valence-corrected chi connectivity index (χ1v) is 9.83. The number of amides is 1. The molecule has 4 rings (SSSR count). The number of likely N-dealkylation sites (tertiary alicyclic amines) is 1. The van der Waals surface area contributed by atoms with Gasteiger partial charge in [0, 0.05) is 18.6 Å². The number of ether oxygens (including phenoxy) is 1. The molecule has 4 aliphatic rings. The van der Waals surface area contributed by atoms with E-state index < -0.39 is 5.60 Å². The first-order valence-electron chi connectivity index (χ1n) is 9.83. The molecule has 0 aromatic heterocycles. The fourth-order valence-corrected chi connectivity index (χ4v) is 5.10. The third kappa shape index (κ3) is 2.89. The molecule has 0 unspecified atom stereocenters. The Hall–Kier alpha value is -0.650. The molecular formula is C19H32N2O3. The molecule has 0 aromatic carbocycles. The molecular weight excluding hydrogens is 304 g/mol. The number of aliphatic hydroxyl groups is 1. The average Bonchev–Trinajstić information content (AvgIpc) is 3.19. The van der Waals surface area contributed by atoms with Gasteiger partial charge < -0.3 is 20.1 Å². The van der Waals surface area contributed by atoms with Crippen LogP contribution in [-0.2, 0) is 9.53 Å². The van der Waals surface area contributed by atoms with E-state index in [1.54, 1.807) is 0 Å². The van der Waals surface area contributed by atoms with Crippen molar-refractivity contribution in [2.24, 2.45) is 17.3 Å². The van der Waals surface area contributed by atoms with E-state index in [-0.39, 0.29) is 23.3 Å². The van der Waals surface area contributed by atoms with Crippen LogP contribution in [0, 0.1) is 17.3 Å². The van der Waals surface area contributed by atoms with Gasteiger partial charge in [0.25, 0.3) is 0 Å². The molecule has 2 N–H and O–H groups in total. The maximum absolute atomic E-state index is 12.8. The van der Waals surface area contributed by atoms with Crippen LogP contribution in [0.25, 0.3) is 0 Å². The van der Waals surface area contributed by atoms with Crippen LogP contribution in [0.3, 0.4) is 0 Å². The van der Waals surface area contributed by atoms with Crippen molar-refractivity contribution in [3.05, 3.63) is 0 Å². The summed E-state index contributed by atoms with van der Waals surface area (Å²) in [4.78, 5) is 15.1. The molecule has 0 spiro atoms. The van der Waals surface area contributed by atoms with Crippen molar-refractivity contribution in [2.75, 3.05) is 33.3 Å². The lowest BCUT2D eigenvalue weighted by atomic mass is 9.68. The summed E-state index contributed by atoms with van der Waals surface area (Å²) in [6.07, 6.45) is 8.28. The monoisotopic (exact) mass is 336 g/mol. The summed E-state index contributed by atoms with van der Waals surface area (Å²) in [6.45, 7) is 3.58. The Labute approximate surface area is 145 Å². The van der Waals surface area contributed by atoms with Crippen LogP contribution in [-0.4, -0.2) is 60.9 Å². The summed E-state index contributed by atoms with van der Waals surface area (Å²) in [5.41, 5.74) is -0.525. The van der Waals surface area contributed by atoms with E-state index in [0.29, 0.717) is 19.1 Å². The van der Waals surface area contributed by atoms with Gasteiger partial charge >= 0.3 is 0 Å². The molecule has 24 heavy (non-hydrogen) atoms. The standard InChI is InChI=1S/C19H32N2O3/c1-21-10-3-14(4-11-21)16-15(5-12-24-16)17(22)20-13-18(8-9-18)19(23)6-2-7-19/h14-16,23H,2-13H2,1H3,(H,20,22)/t15-,16+/m1/s1. The summed E-state index contributed by atoms with van der Waals surface area (Å²) in [6, 6.07) is 0. The van der Waals surface area contributed by atoms with Gasteiger partial charge in [0.2, 0.25) is 5.91 Å². The topological polar surface area (TPSA) is 61.8 Å². The second-order valence-corrected chi connectivity index (χ2v) is 8.75. The molecule has 4 fully saturated rings. The van der Waals surface area contributed by atoms with Crippen LogP contribution in [0.5, 0.6) is 0 Å². The molecule has 5 heteroatoms. The summed E-state index contributed by atoms with van der Waals surface area (Å²) in [5, 5.41) is 13.9. The van der Waals surface area contributed by atoms with Crippen LogP contribution < -0.4 is 5.32 Å². The molecule has 5 nitrogen and oxygen atoms in total. The second kappa shape index (κ2) is 6.26. The van der Waals surface area contributed by atoms with Crippen molar-refractivity contribution < 1.29 is 14.6 Å². The van der Waals surface area contributed by atoms with E-state index in [1.807, 2.05) is 0 Å². The minimum atomic E-state index is -0.500.